The summed E-state index contributed by atoms with van der Waals surface area (Å²) in [5.41, 5.74) is 5.85. The molecule has 1 aromatic rings. The van der Waals surface area contributed by atoms with Crippen molar-refractivity contribution in [2.24, 2.45) is 12.8 Å². The summed E-state index contributed by atoms with van der Waals surface area (Å²) in [6.07, 6.45) is 2.01. The summed E-state index contributed by atoms with van der Waals surface area (Å²) in [5, 5.41) is 7.41. The van der Waals surface area contributed by atoms with E-state index in [1.54, 1.807) is 7.05 Å². The smallest absolute Gasteiger partial charge is 0.264 e. The van der Waals surface area contributed by atoms with Gasteiger partial charge in [0.15, 0.2) is 4.60 Å². The first-order valence-corrected chi connectivity index (χ1v) is 7.50. The molecule has 1 unspecified atom stereocenters. The van der Waals surface area contributed by atoms with Gasteiger partial charge in [0.25, 0.3) is 10.0 Å². The Hall–Kier alpha value is -0.510. The van der Waals surface area contributed by atoms with Crippen LogP contribution in [0.3, 0.4) is 0 Å². The number of halogens is 1. The van der Waals surface area contributed by atoms with E-state index < -0.39 is 16.2 Å². The van der Waals surface area contributed by atoms with Crippen molar-refractivity contribution in [2.75, 3.05) is 6.54 Å². The Kier molecular flexibility index (Phi) is 3.53. The molecule has 2 rings (SSSR count). The van der Waals surface area contributed by atoms with Crippen molar-refractivity contribution in [2.45, 2.75) is 30.5 Å². The van der Waals surface area contributed by atoms with Crippen molar-refractivity contribution in [1.29, 1.82) is 0 Å². The highest BCUT2D eigenvalue weighted by Crippen LogP contribution is 2.26. The molecule has 1 saturated heterocycles. The Morgan fingerprint density at radius 3 is 2.71 bits per heavy atom. The number of rotatable bonds is 2. The first-order chi connectivity index (χ1) is 7.94. The monoisotopic (exact) mass is 323 g/mol. The maximum Gasteiger partial charge on any atom is 0.264 e. The fraction of sp³-hybridized carbons (Fsp3) is 0.750. The molecular formula is C8H14BrN5O2S. The van der Waals surface area contributed by atoms with Gasteiger partial charge in [-0.3, -0.25) is 0 Å². The highest BCUT2D eigenvalue weighted by molar-refractivity contribution is 9.10. The normalized spacial score (nSPS) is 22.9. The molecule has 0 amide bonds. The third-order valence-electron chi connectivity index (χ3n) is 2.79. The van der Waals surface area contributed by atoms with Crippen molar-refractivity contribution >= 4 is 26.0 Å². The third kappa shape index (κ3) is 2.24. The lowest BCUT2D eigenvalue weighted by molar-refractivity contribution is 0.256. The summed E-state index contributed by atoms with van der Waals surface area (Å²) in [7, 11) is -2.09. The maximum atomic E-state index is 12.4. The molecule has 0 aromatic carbocycles. The number of nitrogens with zero attached hydrogens (tertiary/aromatic N) is 4. The minimum atomic E-state index is -3.63. The van der Waals surface area contributed by atoms with Crippen LogP contribution in [0.2, 0.25) is 0 Å². The van der Waals surface area contributed by atoms with E-state index in [9.17, 15) is 8.42 Å². The van der Waals surface area contributed by atoms with Gasteiger partial charge in [0.1, 0.15) is 0 Å². The minimum absolute atomic E-state index is 0.0508. The Morgan fingerprint density at radius 2 is 2.18 bits per heavy atom. The highest BCUT2D eigenvalue weighted by atomic mass is 79.9. The van der Waals surface area contributed by atoms with Crippen LogP contribution in [0.4, 0.5) is 0 Å². The molecule has 9 heteroatoms. The van der Waals surface area contributed by atoms with Gasteiger partial charge >= 0.3 is 0 Å². The minimum Gasteiger partial charge on any atom is -0.315 e. The Balaban J connectivity index is 2.42. The van der Waals surface area contributed by atoms with Crippen LogP contribution in [0.15, 0.2) is 9.63 Å². The zero-order valence-corrected chi connectivity index (χ0v) is 11.8. The van der Waals surface area contributed by atoms with E-state index in [4.69, 9.17) is 5.73 Å². The zero-order chi connectivity index (χ0) is 12.6. The molecule has 0 radical (unpaired) electrons. The Labute approximate surface area is 108 Å². The lowest BCUT2D eigenvalue weighted by Gasteiger charge is -2.31. The average molecular weight is 324 g/mol. The first kappa shape index (κ1) is 12.9. The SMILES string of the molecule is Cn1nnc(Br)c1S(=O)(=O)N1CCCCC1N. The lowest BCUT2D eigenvalue weighted by Crippen LogP contribution is -2.49. The van der Waals surface area contributed by atoms with Crippen molar-refractivity contribution in [3.05, 3.63) is 4.60 Å². The number of hydrogen-bond acceptors (Lipinski definition) is 5. The van der Waals surface area contributed by atoms with Gasteiger partial charge < -0.3 is 5.73 Å². The van der Waals surface area contributed by atoms with Crippen LogP contribution in [0.1, 0.15) is 19.3 Å². The lowest BCUT2D eigenvalue weighted by atomic mass is 10.1. The van der Waals surface area contributed by atoms with Crippen LogP contribution in [-0.4, -0.2) is 40.4 Å². The van der Waals surface area contributed by atoms with E-state index >= 15 is 0 Å². The van der Waals surface area contributed by atoms with Crippen molar-refractivity contribution in [1.82, 2.24) is 19.3 Å². The van der Waals surface area contributed by atoms with Gasteiger partial charge in [-0.25, -0.2) is 13.1 Å². The summed E-state index contributed by atoms with van der Waals surface area (Å²) in [6, 6.07) is 0. The van der Waals surface area contributed by atoms with E-state index in [0.29, 0.717) is 13.0 Å². The second kappa shape index (κ2) is 4.63. The molecule has 1 atom stereocenters. The molecule has 1 aliphatic heterocycles. The number of sulfonamides is 1. The fourth-order valence-electron chi connectivity index (χ4n) is 1.94. The third-order valence-corrected chi connectivity index (χ3v) is 5.60. The molecule has 2 heterocycles. The van der Waals surface area contributed by atoms with Gasteiger partial charge in [0, 0.05) is 13.6 Å². The number of nitrogens with two attached hydrogens (primary N) is 1. The van der Waals surface area contributed by atoms with Crippen LogP contribution < -0.4 is 5.73 Å². The van der Waals surface area contributed by atoms with E-state index in [-0.39, 0.29) is 9.63 Å². The maximum absolute atomic E-state index is 12.4. The number of aromatic nitrogens is 3. The fourth-order valence-corrected chi connectivity index (χ4v) is 4.56. The van der Waals surface area contributed by atoms with Crippen molar-refractivity contribution < 1.29 is 8.42 Å². The average Bonchev–Trinajstić information content (AvgIpc) is 2.59. The quantitative estimate of drug-likeness (QED) is 0.829. The van der Waals surface area contributed by atoms with Gasteiger partial charge in [-0.2, -0.15) is 4.31 Å². The second-order valence-corrected chi connectivity index (χ2v) is 6.54. The molecule has 0 aliphatic carbocycles. The highest BCUT2D eigenvalue weighted by Gasteiger charge is 2.35. The predicted octanol–water partition coefficient (Wildman–Crippen LogP) is 0.0370. The standard InChI is InChI=1S/C8H14BrN5O2S/c1-13-8(7(9)11-12-13)17(15,16)14-5-3-2-4-6(14)10/h6H,2-5,10H2,1H3. The van der Waals surface area contributed by atoms with E-state index in [1.807, 2.05) is 0 Å². The number of hydrogen-bond donors (Lipinski definition) is 1. The van der Waals surface area contributed by atoms with Gasteiger partial charge in [-0.15, -0.1) is 5.10 Å². The van der Waals surface area contributed by atoms with E-state index in [1.165, 1.54) is 8.99 Å². The molecular weight excluding hydrogens is 310 g/mol. The zero-order valence-electron chi connectivity index (χ0n) is 9.37. The molecule has 1 fully saturated rings. The van der Waals surface area contributed by atoms with Crippen LogP contribution in [-0.2, 0) is 17.1 Å². The largest absolute Gasteiger partial charge is 0.315 e. The summed E-state index contributed by atoms with van der Waals surface area (Å²) < 4.78 is 27.6. The Bertz CT molecular complexity index is 494. The summed E-state index contributed by atoms with van der Waals surface area (Å²) in [6.45, 7) is 0.446. The van der Waals surface area contributed by atoms with Crippen molar-refractivity contribution in [3.8, 4) is 0 Å². The first-order valence-electron chi connectivity index (χ1n) is 5.27. The molecule has 7 nitrogen and oxygen atoms in total. The topological polar surface area (TPSA) is 94.1 Å². The predicted molar refractivity (Wildman–Crippen MR) is 64.4 cm³/mol. The van der Waals surface area contributed by atoms with Crippen LogP contribution in [0, 0.1) is 0 Å². The molecule has 96 valence electrons. The molecule has 0 spiro atoms. The van der Waals surface area contributed by atoms with Gasteiger partial charge in [0.05, 0.1) is 6.17 Å². The van der Waals surface area contributed by atoms with Gasteiger partial charge in [0.2, 0.25) is 5.03 Å². The van der Waals surface area contributed by atoms with E-state index in [0.717, 1.165) is 12.8 Å². The Morgan fingerprint density at radius 1 is 1.47 bits per heavy atom. The van der Waals surface area contributed by atoms with Crippen LogP contribution in [0.5, 0.6) is 0 Å². The van der Waals surface area contributed by atoms with Crippen LogP contribution in [0.25, 0.3) is 0 Å². The molecule has 1 aliphatic rings. The van der Waals surface area contributed by atoms with Crippen molar-refractivity contribution in [3.63, 3.8) is 0 Å². The van der Waals surface area contributed by atoms with Gasteiger partial charge in [-0.1, -0.05) is 5.21 Å². The number of piperidine rings is 1. The molecule has 0 saturated carbocycles. The van der Waals surface area contributed by atoms with E-state index in [2.05, 4.69) is 26.2 Å². The molecule has 1 aromatic heterocycles. The summed E-state index contributed by atoms with van der Waals surface area (Å²) in [5.74, 6) is 0. The molecule has 2 N–H and O–H groups in total. The van der Waals surface area contributed by atoms with Gasteiger partial charge in [-0.05, 0) is 35.2 Å². The molecule has 0 bridgehead atoms. The second-order valence-electron chi connectivity index (χ2n) is 3.99. The van der Waals surface area contributed by atoms with Crippen LogP contribution >= 0.6 is 15.9 Å². The molecule has 17 heavy (non-hydrogen) atoms. The summed E-state index contributed by atoms with van der Waals surface area (Å²) >= 11 is 3.10. The summed E-state index contributed by atoms with van der Waals surface area (Å²) in [4.78, 5) is 0. The number of aryl methyl sites for hydroxylation is 1.